The van der Waals surface area contributed by atoms with Crippen molar-refractivity contribution in [1.29, 1.82) is 0 Å². The third-order valence-electron chi connectivity index (χ3n) is 14.0. The van der Waals surface area contributed by atoms with E-state index < -0.39 is 12.1 Å². The second-order valence-corrected chi connectivity index (χ2v) is 16.4. The van der Waals surface area contributed by atoms with Crippen LogP contribution >= 0.6 is 0 Å². The van der Waals surface area contributed by atoms with Crippen molar-refractivity contribution in [3.8, 4) is 0 Å². The topological polar surface area (TPSA) is 134 Å². The van der Waals surface area contributed by atoms with E-state index >= 15 is 0 Å². The van der Waals surface area contributed by atoms with Gasteiger partial charge in [0, 0.05) is 11.0 Å². The van der Waals surface area contributed by atoms with Gasteiger partial charge in [0.1, 0.15) is 0 Å². The maximum absolute atomic E-state index is 10.6. The van der Waals surface area contributed by atoms with Gasteiger partial charge in [0.05, 0.1) is 49.3 Å². The summed E-state index contributed by atoms with van der Waals surface area (Å²) in [5, 5.41) is 40.9. The minimum atomic E-state index is -5.08. The van der Waals surface area contributed by atoms with Crippen LogP contribution in [0.2, 0.25) is 0 Å². The van der Waals surface area contributed by atoms with Crippen LogP contribution in [-0.2, 0) is 4.79 Å². The molecule has 5 aliphatic heterocycles. The summed E-state index contributed by atoms with van der Waals surface area (Å²) in [6.07, 6.45) is 20.5. The third-order valence-corrected chi connectivity index (χ3v) is 14.0. The van der Waals surface area contributed by atoms with Gasteiger partial charge in [0.25, 0.3) is 0 Å². The monoisotopic (exact) mass is 694 g/mol. The molecule has 5 heterocycles. The number of carboxylic acid groups (broad SMARTS) is 1. The smallest absolute Gasteiger partial charge is 0.475 e. The Morgan fingerprint density at radius 1 is 0.396 bits per heavy atom. The third kappa shape index (κ3) is 6.88. The fourth-order valence-electron chi connectivity index (χ4n) is 12.0. The van der Waals surface area contributed by atoms with Crippen LogP contribution in [0.15, 0.2) is 0 Å². The molecule has 14 heteroatoms. The Hall–Kier alpha value is -0.843. The molecule has 8 atom stereocenters. The molecule has 0 aromatic carbocycles. The van der Waals surface area contributed by atoms with E-state index in [1.54, 1.807) is 0 Å². The zero-order valence-corrected chi connectivity index (χ0v) is 29.0. The van der Waals surface area contributed by atoms with Crippen LogP contribution in [0.1, 0.15) is 103 Å². The lowest BCUT2D eigenvalue weighted by molar-refractivity contribution is -0.192. The zero-order valence-electron chi connectivity index (χ0n) is 28.0. The highest BCUT2D eigenvalue weighted by Gasteiger charge is 2.54. The minimum Gasteiger partial charge on any atom is -0.475 e. The van der Waals surface area contributed by atoms with Gasteiger partial charge in [0.2, 0.25) is 0 Å². The molecule has 0 aromatic heterocycles. The van der Waals surface area contributed by atoms with Gasteiger partial charge in [-0.2, -0.15) is 13.2 Å². The van der Waals surface area contributed by atoms with Crippen LogP contribution in [0.5, 0.6) is 0 Å². The molecule has 4 saturated carbocycles. The first-order valence-corrected chi connectivity index (χ1v) is 19.1. The standard InChI is InChI=1S/C32H56N8.C2HF3O2.Si/c1-2-10-18-17(9-1)25-33-26(18)38-28-21-13-5-6-14-22(21)30(35-28)40-32-24-16-8-7-15-23(24)31(36-32)39-29-20-12-4-3-11-19(20)27(34-29)37-25;3-2(4,5)1(6)7;/h17-40H,1-16H2;(H,6,7);. The van der Waals surface area contributed by atoms with E-state index in [1.807, 2.05) is 0 Å². The van der Waals surface area contributed by atoms with Gasteiger partial charge >= 0.3 is 12.1 Å². The van der Waals surface area contributed by atoms with Crippen molar-refractivity contribution < 1.29 is 23.1 Å². The lowest BCUT2D eigenvalue weighted by Crippen LogP contribution is -2.61. The fraction of sp³-hybridized carbons (Fsp3) is 0.971. The number of hydrogen-bond donors (Lipinski definition) is 9. The van der Waals surface area contributed by atoms with E-state index in [0.29, 0.717) is 49.3 Å². The first-order valence-electron chi connectivity index (χ1n) is 19.1. The average molecular weight is 695 g/mol. The van der Waals surface area contributed by atoms with Gasteiger partial charge in [0.15, 0.2) is 0 Å². The zero-order chi connectivity index (χ0) is 32.3. The van der Waals surface area contributed by atoms with Crippen molar-refractivity contribution >= 4 is 16.9 Å². The Bertz CT molecular complexity index is 917. The highest BCUT2D eigenvalue weighted by molar-refractivity contribution is 5.75. The summed E-state index contributed by atoms with van der Waals surface area (Å²) in [7, 11) is 0. The minimum absolute atomic E-state index is 0. The van der Waals surface area contributed by atoms with Crippen LogP contribution in [0, 0.1) is 47.3 Å². The second-order valence-electron chi connectivity index (χ2n) is 16.4. The summed E-state index contributed by atoms with van der Waals surface area (Å²) in [6.45, 7) is 0. The van der Waals surface area contributed by atoms with Crippen LogP contribution < -0.4 is 42.5 Å². The average Bonchev–Trinajstić information content (AvgIpc) is 3.80. The van der Waals surface area contributed by atoms with E-state index in [2.05, 4.69) is 42.5 Å². The Balaban J connectivity index is 0.000000415. The van der Waals surface area contributed by atoms with Gasteiger partial charge in [-0.05, 0) is 98.7 Å². The number of carboxylic acids is 1. The molecule has 4 aliphatic carbocycles. The summed E-state index contributed by atoms with van der Waals surface area (Å²) in [6, 6.07) is 0. The number of nitrogens with one attached hydrogen (secondary N) is 8. The molecule has 270 valence electrons. The largest absolute Gasteiger partial charge is 0.490 e. The van der Waals surface area contributed by atoms with Crippen LogP contribution in [0.3, 0.4) is 0 Å². The van der Waals surface area contributed by atoms with Crippen molar-refractivity contribution in [2.24, 2.45) is 47.3 Å². The lowest BCUT2D eigenvalue weighted by Gasteiger charge is -2.35. The van der Waals surface area contributed by atoms with Crippen LogP contribution in [0.25, 0.3) is 0 Å². The lowest BCUT2D eigenvalue weighted by atomic mass is 9.76. The molecule has 9 fully saturated rings. The summed E-state index contributed by atoms with van der Waals surface area (Å²) in [5.74, 6) is 3.21. The molecule has 10 nitrogen and oxygen atoms in total. The van der Waals surface area contributed by atoms with E-state index in [9.17, 15) is 13.2 Å². The SMILES string of the molecule is C1CCC2C3NC(NC4NC(NC5NC(NC6NC(N3)C3CCCCC63)C3CCCCC53)C3CCCCC43)C2C1.O=C(O)C(F)(F)F.[Si]. The highest BCUT2D eigenvalue weighted by Crippen LogP contribution is 2.45. The first kappa shape index (κ1) is 35.6. The summed E-state index contributed by atoms with van der Waals surface area (Å²) in [5.41, 5.74) is 0. The van der Waals surface area contributed by atoms with E-state index in [4.69, 9.17) is 9.90 Å². The van der Waals surface area contributed by atoms with Crippen LogP contribution in [-0.4, -0.2) is 77.5 Å². The normalized spacial score (nSPS) is 49.6. The van der Waals surface area contributed by atoms with Crippen molar-refractivity contribution in [2.45, 2.75) is 158 Å². The first-order chi connectivity index (χ1) is 22.7. The van der Waals surface area contributed by atoms with E-state index in [1.165, 1.54) is 103 Å². The summed E-state index contributed by atoms with van der Waals surface area (Å²) in [4.78, 5) is 8.90. The Kier molecular flexibility index (Phi) is 10.9. The van der Waals surface area contributed by atoms with E-state index in [-0.39, 0.29) is 11.0 Å². The molecule has 9 N–H and O–H groups in total. The highest BCUT2D eigenvalue weighted by atomic mass is 28.1. The quantitative estimate of drug-likeness (QED) is 0.175. The molecule has 5 saturated heterocycles. The maximum Gasteiger partial charge on any atom is 0.490 e. The van der Waals surface area contributed by atoms with Gasteiger partial charge < -0.3 is 5.11 Å². The number of alkyl halides is 3. The van der Waals surface area contributed by atoms with Crippen molar-refractivity contribution in [3.63, 3.8) is 0 Å². The number of halogens is 3. The molecule has 48 heavy (non-hydrogen) atoms. The number of hydrogen-bond acceptors (Lipinski definition) is 9. The molecule has 9 aliphatic rings. The maximum atomic E-state index is 10.6. The van der Waals surface area contributed by atoms with Crippen molar-refractivity contribution in [2.75, 3.05) is 0 Å². The number of aliphatic carboxylic acids is 1. The van der Waals surface area contributed by atoms with E-state index in [0.717, 1.165) is 47.3 Å². The Morgan fingerprint density at radius 2 is 0.521 bits per heavy atom. The second kappa shape index (κ2) is 14.6. The molecule has 0 spiro atoms. The molecule has 0 aromatic rings. The molecule has 0 amide bonds. The number of rotatable bonds is 0. The predicted molar refractivity (Wildman–Crippen MR) is 177 cm³/mol. The Morgan fingerprint density at radius 3 is 0.625 bits per heavy atom. The predicted octanol–water partition coefficient (Wildman–Crippen LogP) is 2.86. The molecular weight excluding hydrogens is 638 g/mol. The van der Waals surface area contributed by atoms with Gasteiger partial charge in [-0.15, -0.1) is 0 Å². The molecule has 8 unspecified atom stereocenters. The van der Waals surface area contributed by atoms with Crippen LogP contribution in [0.4, 0.5) is 13.2 Å². The van der Waals surface area contributed by atoms with Gasteiger partial charge in [-0.3, -0.25) is 42.5 Å². The van der Waals surface area contributed by atoms with Crippen molar-refractivity contribution in [1.82, 2.24) is 42.5 Å². The molecule has 8 bridgehead atoms. The summed E-state index contributed by atoms with van der Waals surface area (Å²) < 4.78 is 31.7. The molecule has 4 radical (unpaired) electrons. The van der Waals surface area contributed by atoms with Gasteiger partial charge in [-0.25, -0.2) is 4.79 Å². The Labute approximate surface area is 287 Å². The molecular formula is C34H57F3N8O2Si. The summed E-state index contributed by atoms with van der Waals surface area (Å²) >= 11 is 0. The van der Waals surface area contributed by atoms with Gasteiger partial charge in [-0.1, -0.05) is 51.4 Å². The van der Waals surface area contributed by atoms with Crippen molar-refractivity contribution in [3.05, 3.63) is 0 Å². The number of fused-ring (bicyclic) bond motifs is 20. The number of carbonyl (C=O) groups is 1. The fourth-order valence-corrected chi connectivity index (χ4v) is 12.0. The molecule has 9 rings (SSSR count).